The Balaban J connectivity index is 1.51. The number of H-pyrrole nitrogens is 1. The number of nitrogens with zero attached hydrogens (tertiary/aromatic N) is 6. The fraction of sp³-hybridized carbons (Fsp3) is 0.231. The van der Waals surface area contributed by atoms with Crippen molar-refractivity contribution in [3.05, 3.63) is 77.4 Å². The van der Waals surface area contributed by atoms with E-state index >= 15 is 0 Å². The summed E-state index contributed by atoms with van der Waals surface area (Å²) in [6, 6.07) is 17.9. The number of aromatic nitrogens is 7. The Bertz CT molecular complexity index is 1510. The molecular weight excluding hydrogens is 442 g/mol. The summed E-state index contributed by atoms with van der Waals surface area (Å²) >= 11 is 0. The molecule has 0 saturated carbocycles. The Morgan fingerprint density at radius 2 is 1.86 bits per heavy atom. The summed E-state index contributed by atoms with van der Waals surface area (Å²) < 4.78 is 1.84. The summed E-state index contributed by atoms with van der Waals surface area (Å²) in [7, 11) is 0. The summed E-state index contributed by atoms with van der Waals surface area (Å²) in [5, 5.41) is 25.1. The Morgan fingerprint density at radius 3 is 2.57 bits per heavy atom. The average molecular weight is 468 g/mol. The molecule has 9 heteroatoms. The second-order valence-corrected chi connectivity index (χ2v) is 8.34. The summed E-state index contributed by atoms with van der Waals surface area (Å²) in [4.78, 5) is 21.5. The van der Waals surface area contributed by atoms with Crippen molar-refractivity contribution in [1.29, 1.82) is 0 Å². The molecular formula is C26H25N7O2. The number of aryl methyl sites for hydroxylation is 2. The Labute approximate surface area is 201 Å². The highest BCUT2D eigenvalue weighted by Gasteiger charge is 2.21. The molecule has 0 atom stereocenters. The van der Waals surface area contributed by atoms with Crippen LogP contribution in [-0.2, 0) is 19.4 Å². The van der Waals surface area contributed by atoms with Gasteiger partial charge in [0.25, 0.3) is 0 Å². The number of pyridine rings is 1. The predicted octanol–water partition coefficient (Wildman–Crippen LogP) is 4.54. The Hall–Kier alpha value is -4.40. The van der Waals surface area contributed by atoms with Gasteiger partial charge in [0.05, 0.1) is 16.9 Å². The third-order valence-corrected chi connectivity index (χ3v) is 6.03. The zero-order valence-corrected chi connectivity index (χ0v) is 19.6. The molecule has 35 heavy (non-hydrogen) atoms. The maximum Gasteiger partial charge on any atom is 0.354 e. The van der Waals surface area contributed by atoms with E-state index in [0.29, 0.717) is 24.5 Å². The van der Waals surface area contributed by atoms with Gasteiger partial charge >= 0.3 is 5.97 Å². The van der Waals surface area contributed by atoms with Crippen LogP contribution in [0.5, 0.6) is 0 Å². The molecule has 0 bridgehead atoms. The minimum atomic E-state index is -0.940. The number of carboxylic acid groups (broad SMARTS) is 1. The van der Waals surface area contributed by atoms with Crippen molar-refractivity contribution in [2.75, 3.05) is 0 Å². The number of hydrogen-bond donors (Lipinski definition) is 2. The van der Waals surface area contributed by atoms with E-state index in [1.807, 2.05) is 60.0 Å². The number of rotatable bonds is 8. The maximum absolute atomic E-state index is 12.0. The van der Waals surface area contributed by atoms with Crippen LogP contribution in [0.15, 0.2) is 54.6 Å². The quantitative estimate of drug-likeness (QED) is 0.343. The lowest BCUT2D eigenvalue weighted by molar-refractivity contribution is 0.0684. The third kappa shape index (κ3) is 4.28. The van der Waals surface area contributed by atoms with E-state index in [1.165, 1.54) is 0 Å². The van der Waals surface area contributed by atoms with Gasteiger partial charge in [0, 0.05) is 29.5 Å². The van der Waals surface area contributed by atoms with E-state index in [1.54, 1.807) is 0 Å². The van der Waals surface area contributed by atoms with Crippen LogP contribution < -0.4 is 0 Å². The van der Waals surface area contributed by atoms with Gasteiger partial charge in [0.15, 0.2) is 11.5 Å². The fourth-order valence-electron chi connectivity index (χ4n) is 4.42. The smallest absolute Gasteiger partial charge is 0.354 e. The van der Waals surface area contributed by atoms with Crippen LogP contribution in [0.3, 0.4) is 0 Å². The second-order valence-electron chi connectivity index (χ2n) is 8.34. The summed E-state index contributed by atoms with van der Waals surface area (Å²) in [6.07, 6.45) is 2.22. The summed E-state index contributed by atoms with van der Waals surface area (Å²) in [5.41, 5.74) is 5.38. The highest BCUT2D eigenvalue weighted by Crippen LogP contribution is 2.30. The average Bonchev–Trinajstić information content (AvgIpc) is 3.53. The van der Waals surface area contributed by atoms with Crippen LogP contribution in [-0.4, -0.2) is 46.2 Å². The van der Waals surface area contributed by atoms with Crippen molar-refractivity contribution in [2.24, 2.45) is 0 Å². The normalized spacial score (nSPS) is 11.3. The third-order valence-electron chi connectivity index (χ3n) is 6.03. The zero-order valence-electron chi connectivity index (χ0n) is 19.6. The highest BCUT2D eigenvalue weighted by atomic mass is 16.4. The molecule has 0 radical (unpaired) electrons. The molecule has 0 spiro atoms. The van der Waals surface area contributed by atoms with Gasteiger partial charge in [-0.1, -0.05) is 50.2 Å². The Kier molecular flexibility index (Phi) is 6.05. The fourth-order valence-corrected chi connectivity index (χ4v) is 4.42. The number of nitrogens with one attached hydrogen (secondary N) is 1. The highest BCUT2D eigenvalue weighted by molar-refractivity contribution is 5.88. The molecule has 9 nitrogen and oxygen atoms in total. The maximum atomic E-state index is 12.0. The largest absolute Gasteiger partial charge is 0.477 e. The van der Waals surface area contributed by atoms with Crippen LogP contribution in [0.25, 0.3) is 33.5 Å². The number of aromatic carboxylic acids is 1. The molecule has 176 valence electrons. The van der Waals surface area contributed by atoms with E-state index in [0.717, 1.165) is 52.0 Å². The molecule has 5 aromatic rings. The number of fused-ring (bicyclic) bond motifs is 1. The van der Waals surface area contributed by atoms with Crippen molar-refractivity contribution < 1.29 is 9.90 Å². The van der Waals surface area contributed by atoms with Crippen LogP contribution in [0, 0.1) is 0 Å². The van der Waals surface area contributed by atoms with Gasteiger partial charge in [-0.15, -0.1) is 5.10 Å². The van der Waals surface area contributed by atoms with Gasteiger partial charge in [0.2, 0.25) is 0 Å². The van der Waals surface area contributed by atoms with Crippen LogP contribution in [0.4, 0.5) is 0 Å². The molecule has 5 rings (SSSR count). The number of hydrogen-bond acceptors (Lipinski definition) is 6. The molecule has 2 aromatic carbocycles. The van der Waals surface area contributed by atoms with Crippen molar-refractivity contribution in [3.8, 4) is 22.6 Å². The molecule has 2 N–H and O–H groups in total. The van der Waals surface area contributed by atoms with E-state index in [2.05, 4.69) is 38.6 Å². The minimum absolute atomic E-state index is 0.281. The first-order valence-electron chi connectivity index (χ1n) is 11.6. The van der Waals surface area contributed by atoms with Crippen molar-refractivity contribution in [1.82, 2.24) is 35.2 Å². The van der Waals surface area contributed by atoms with Gasteiger partial charge in [-0.25, -0.2) is 19.9 Å². The number of imidazole rings is 1. The number of aromatic amines is 1. The molecule has 0 fully saturated rings. The van der Waals surface area contributed by atoms with Gasteiger partial charge in [-0.3, -0.25) is 0 Å². The molecule has 0 aliphatic carbocycles. The first-order valence-corrected chi connectivity index (χ1v) is 11.6. The summed E-state index contributed by atoms with van der Waals surface area (Å²) in [5.74, 6) is 0.458. The number of carbonyl (C=O) groups is 1. The second kappa shape index (κ2) is 9.46. The molecule has 0 amide bonds. The minimum Gasteiger partial charge on any atom is -0.477 e. The molecule has 0 aliphatic rings. The standard InChI is InChI=1S/C26H25N7O2/c1-3-7-23-28-20(4-2)24(26(34)35)33(23)15-16-10-12-21-17(14-16)11-13-22(27-21)18-8-5-6-9-19(18)25-29-31-32-30-25/h5-6,8-14H,3-4,7,15H2,1-2H3,(H,34,35)(H,29,30,31,32). The Morgan fingerprint density at radius 1 is 1.03 bits per heavy atom. The van der Waals surface area contributed by atoms with E-state index < -0.39 is 5.97 Å². The first-order chi connectivity index (χ1) is 17.1. The molecule has 0 saturated heterocycles. The zero-order chi connectivity index (χ0) is 24.4. The van der Waals surface area contributed by atoms with Gasteiger partial charge < -0.3 is 9.67 Å². The summed E-state index contributed by atoms with van der Waals surface area (Å²) in [6.45, 7) is 4.45. The van der Waals surface area contributed by atoms with Crippen LogP contribution in [0.2, 0.25) is 0 Å². The topological polar surface area (TPSA) is 122 Å². The number of benzene rings is 2. The molecule has 0 unspecified atom stereocenters. The van der Waals surface area contributed by atoms with Crippen LogP contribution in [0.1, 0.15) is 47.8 Å². The van der Waals surface area contributed by atoms with Gasteiger partial charge in [-0.2, -0.15) is 0 Å². The lowest BCUT2D eigenvalue weighted by Gasteiger charge is -2.12. The van der Waals surface area contributed by atoms with Crippen molar-refractivity contribution in [3.63, 3.8) is 0 Å². The van der Waals surface area contributed by atoms with Crippen LogP contribution >= 0.6 is 0 Å². The first kappa shape index (κ1) is 22.4. The molecule has 0 aliphatic heterocycles. The van der Waals surface area contributed by atoms with E-state index in [4.69, 9.17) is 4.98 Å². The molecule has 3 aromatic heterocycles. The van der Waals surface area contributed by atoms with E-state index in [-0.39, 0.29) is 5.69 Å². The van der Waals surface area contributed by atoms with Crippen molar-refractivity contribution in [2.45, 2.75) is 39.7 Å². The molecule has 3 heterocycles. The van der Waals surface area contributed by atoms with Gasteiger partial charge in [-0.05, 0) is 47.0 Å². The predicted molar refractivity (Wildman–Crippen MR) is 132 cm³/mol. The number of tetrazole rings is 1. The lowest BCUT2D eigenvalue weighted by Crippen LogP contribution is -2.13. The monoisotopic (exact) mass is 467 g/mol. The number of carboxylic acids is 1. The SMILES string of the molecule is CCCc1nc(CC)c(C(=O)O)n1Cc1ccc2nc(-c3ccccc3-c3nnn[nH]3)ccc2c1. The van der Waals surface area contributed by atoms with Gasteiger partial charge in [0.1, 0.15) is 5.82 Å². The lowest BCUT2D eigenvalue weighted by atomic mass is 10.0. The van der Waals surface area contributed by atoms with E-state index in [9.17, 15) is 9.90 Å². The van der Waals surface area contributed by atoms with Crippen molar-refractivity contribution >= 4 is 16.9 Å².